The van der Waals surface area contributed by atoms with E-state index in [1.807, 2.05) is 6.92 Å². The van der Waals surface area contributed by atoms with Crippen molar-refractivity contribution in [3.05, 3.63) is 0 Å². The van der Waals surface area contributed by atoms with Gasteiger partial charge in [0.25, 0.3) is 0 Å². The Bertz CT molecular complexity index is 95.8. The summed E-state index contributed by atoms with van der Waals surface area (Å²) in [5, 5.41) is 10.6. The van der Waals surface area contributed by atoms with Crippen LogP contribution in [0.3, 0.4) is 0 Å². The monoisotopic (exact) mass is 113 g/mol. The van der Waals surface area contributed by atoms with Crippen LogP contribution in [0.15, 0.2) is 5.10 Å². The zero-order valence-corrected chi connectivity index (χ0v) is 5.23. The third kappa shape index (κ3) is 5.14. The van der Waals surface area contributed by atoms with E-state index >= 15 is 0 Å². The lowest BCUT2D eigenvalue weighted by molar-refractivity contribution is 0.789. The molecule has 0 aliphatic heterocycles. The van der Waals surface area contributed by atoms with Gasteiger partial charge in [-0.15, -0.1) is 0 Å². The average molecular weight is 113 g/mol. The van der Waals surface area contributed by atoms with Crippen molar-refractivity contribution < 1.29 is 0 Å². The normalized spacial score (nSPS) is 9.75. The Morgan fingerprint density at radius 2 is 2.50 bits per heavy atom. The van der Waals surface area contributed by atoms with E-state index in [4.69, 9.17) is 5.41 Å². The summed E-state index contributed by atoms with van der Waals surface area (Å²) in [5.41, 5.74) is 3.17. The first-order valence-corrected chi connectivity index (χ1v) is 2.58. The molecule has 0 aromatic heterocycles. The highest BCUT2D eigenvalue weighted by Gasteiger charge is 1.73. The van der Waals surface area contributed by atoms with Crippen molar-refractivity contribution in [3.63, 3.8) is 0 Å². The minimum Gasteiger partial charge on any atom is -0.310 e. The van der Waals surface area contributed by atoms with E-state index in [1.165, 1.54) is 6.21 Å². The standard InChI is InChI=1S/C5H11N3/c1-3-7-8-4-5(2)6/h4,6-7H,3H2,1-2H3/b6-5?,8-4-. The first-order chi connectivity index (χ1) is 3.77. The SMILES string of the molecule is CCN/N=C\C(C)=N. The molecule has 0 aromatic rings. The lowest BCUT2D eigenvalue weighted by Crippen LogP contribution is -2.04. The third-order valence-electron chi connectivity index (χ3n) is 0.508. The first-order valence-electron chi connectivity index (χ1n) is 2.58. The summed E-state index contributed by atoms with van der Waals surface area (Å²) in [6.07, 6.45) is 1.48. The summed E-state index contributed by atoms with van der Waals surface area (Å²) >= 11 is 0. The number of rotatable bonds is 3. The van der Waals surface area contributed by atoms with Crippen molar-refractivity contribution in [1.82, 2.24) is 5.43 Å². The molecule has 0 radical (unpaired) electrons. The molecule has 0 atom stereocenters. The van der Waals surface area contributed by atoms with Crippen LogP contribution in [0.2, 0.25) is 0 Å². The van der Waals surface area contributed by atoms with Gasteiger partial charge in [-0.2, -0.15) is 5.10 Å². The molecular weight excluding hydrogens is 102 g/mol. The van der Waals surface area contributed by atoms with Gasteiger partial charge in [0.2, 0.25) is 0 Å². The van der Waals surface area contributed by atoms with E-state index in [1.54, 1.807) is 6.92 Å². The summed E-state index contributed by atoms with van der Waals surface area (Å²) in [6, 6.07) is 0. The van der Waals surface area contributed by atoms with Crippen LogP contribution < -0.4 is 5.43 Å². The van der Waals surface area contributed by atoms with E-state index < -0.39 is 0 Å². The Kier molecular flexibility index (Phi) is 3.84. The molecule has 46 valence electrons. The molecule has 0 bridgehead atoms. The molecule has 8 heavy (non-hydrogen) atoms. The maximum atomic E-state index is 6.88. The lowest BCUT2D eigenvalue weighted by atomic mass is 10.5. The summed E-state index contributed by atoms with van der Waals surface area (Å²) < 4.78 is 0. The molecule has 0 spiro atoms. The van der Waals surface area contributed by atoms with Gasteiger partial charge >= 0.3 is 0 Å². The van der Waals surface area contributed by atoms with E-state index in [2.05, 4.69) is 10.5 Å². The molecule has 0 aromatic carbocycles. The van der Waals surface area contributed by atoms with Crippen LogP contribution in [-0.2, 0) is 0 Å². The molecule has 0 amide bonds. The number of hydrazone groups is 1. The van der Waals surface area contributed by atoms with Gasteiger partial charge in [0, 0.05) is 12.3 Å². The second-order valence-corrected chi connectivity index (χ2v) is 1.45. The van der Waals surface area contributed by atoms with Gasteiger partial charge in [-0.1, -0.05) is 0 Å². The summed E-state index contributed by atoms with van der Waals surface area (Å²) in [6.45, 7) is 4.45. The summed E-state index contributed by atoms with van der Waals surface area (Å²) in [4.78, 5) is 0. The Labute approximate surface area is 49.3 Å². The molecule has 0 unspecified atom stereocenters. The molecule has 0 aliphatic carbocycles. The fraction of sp³-hybridized carbons (Fsp3) is 0.600. The van der Waals surface area contributed by atoms with Crippen LogP contribution in [0.1, 0.15) is 13.8 Å². The molecule has 2 N–H and O–H groups in total. The molecule has 0 heterocycles. The van der Waals surface area contributed by atoms with Gasteiger partial charge in [0.05, 0.1) is 6.21 Å². The van der Waals surface area contributed by atoms with Crippen LogP contribution in [0, 0.1) is 5.41 Å². The minimum atomic E-state index is 0.464. The average Bonchev–Trinajstić information content (AvgIpc) is 1.66. The smallest absolute Gasteiger partial charge is 0.0673 e. The topological polar surface area (TPSA) is 48.2 Å². The van der Waals surface area contributed by atoms with Gasteiger partial charge < -0.3 is 10.8 Å². The highest BCUT2D eigenvalue weighted by atomic mass is 15.3. The largest absolute Gasteiger partial charge is 0.310 e. The van der Waals surface area contributed by atoms with Crippen molar-refractivity contribution in [2.75, 3.05) is 6.54 Å². The van der Waals surface area contributed by atoms with Gasteiger partial charge in [-0.3, -0.25) is 0 Å². The molecule has 0 aliphatic rings. The van der Waals surface area contributed by atoms with Gasteiger partial charge in [-0.05, 0) is 13.8 Å². The van der Waals surface area contributed by atoms with Crippen molar-refractivity contribution in [2.45, 2.75) is 13.8 Å². The Morgan fingerprint density at radius 1 is 1.88 bits per heavy atom. The molecule has 0 rings (SSSR count). The molecule has 0 saturated carbocycles. The highest BCUT2D eigenvalue weighted by molar-refractivity contribution is 6.27. The Balaban J connectivity index is 3.20. The first kappa shape index (κ1) is 7.14. The minimum absolute atomic E-state index is 0.464. The molecular formula is C5H11N3. The fourth-order valence-electron chi connectivity index (χ4n) is 0.234. The van der Waals surface area contributed by atoms with Crippen LogP contribution in [0.5, 0.6) is 0 Å². The fourth-order valence-corrected chi connectivity index (χ4v) is 0.234. The third-order valence-corrected chi connectivity index (χ3v) is 0.508. The van der Waals surface area contributed by atoms with E-state index in [0.717, 1.165) is 6.54 Å². The van der Waals surface area contributed by atoms with E-state index in [-0.39, 0.29) is 0 Å². The van der Waals surface area contributed by atoms with Crippen molar-refractivity contribution in [1.29, 1.82) is 5.41 Å². The van der Waals surface area contributed by atoms with Gasteiger partial charge in [0.1, 0.15) is 0 Å². The maximum absolute atomic E-state index is 6.88. The maximum Gasteiger partial charge on any atom is 0.0673 e. The number of nitrogens with one attached hydrogen (secondary N) is 2. The number of nitrogens with zero attached hydrogens (tertiary/aromatic N) is 1. The lowest BCUT2D eigenvalue weighted by Gasteiger charge is -1.88. The van der Waals surface area contributed by atoms with Crippen LogP contribution in [0.25, 0.3) is 0 Å². The second kappa shape index (κ2) is 4.30. The van der Waals surface area contributed by atoms with Crippen LogP contribution in [0.4, 0.5) is 0 Å². The zero-order chi connectivity index (χ0) is 6.41. The summed E-state index contributed by atoms with van der Waals surface area (Å²) in [7, 11) is 0. The molecule has 3 heteroatoms. The van der Waals surface area contributed by atoms with Gasteiger partial charge in [0.15, 0.2) is 0 Å². The molecule has 0 saturated heterocycles. The Hall–Kier alpha value is -0.860. The second-order valence-electron chi connectivity index (χ2n) is 1.45. The van der Waals surface area contributed by atoms with Gasteiger partial charge in [-0.25, -0.2) is 0 Å². The van der Waals surface area contributed by atoms with Crippen molar-refractivity contribution in [2.24, 2.45) is 5.10 Å². The number of hydrogen-bond donors (Lipinski definition) is 2. The van der Waals surface area contributed by atoms with E-state index in [9.17, 15) is 0 Å². The van der Waals surface area contributed by atoms with Crippen LogP contribution in [-0.4, -0.2) is 18.5 Å². The Morgan fingerprint density at radius 3 is 2.88 bits per heavy atom. The van der Waals surface area contributed by atoms with E-state index in [0.29, 0.717) is 5.71 Å². The zero-order valence-electron chi connectivity index (χ0n) is 5.23. The van der Waals surface area contributed by atoms with Crippen LogP contribution >= 0.6 is 0 Å². The van der Waals surface area contributed by atoms with Crippen molar-refractivity contribution in [3.8, 4) is 0 Å². The molecule has 3 nitrogen and oxygen atoms in total. The van der Waals surface area contributed by atoms with Crippen molar-refractivity contribution >= 4 is 11.9 Å². The summed E-state index contributed by atoms with van der Waals surface area (Å²) in [5.74, 6) is 0. The predicted molar refractivity (Wildman–Crippen MR) is 35.6 cm³/mol. The molecule has 0 fully saturated rings. The predicted octanol–water partition coefficient (Wildman–Crippen LogP) is 0.621. The number of hydrogen-bond acceptors (Lipinski definition) is 3. The highest BCUT2D eigenvalue weighted by Crippen LogP contribution is 1.60. The quantitative estimate of drug-likeness (QED) is 0.409.